The van der Waals surface area contributed by atoms with Gasteiger partial charge in [0.05, 0.1) is 5.75 Å². The molecule has 0 aliphatic heterocycles. The molecule has 0 bridgehead atoms. The molecule has 1 unspecified atom stereocenters. The highest BCUT2D eigenvalue weighted by Crippen LogP contribution is 2.15. The lowest BCUT2D eigenvalue weighted by atomic mass is 9.92. The van der Waals surface area contributed by atoms with Crippen LogP contribution in [-0.2, 0) is 10.1 Å². The van der Waals surface area contributed by atoms with Gasteiger partial charge in [0.1, 0.15) is 0 Å². The van der Waals surface area contributed by atoms with E-state index in [1.807, 2.05) is 0 Å². The first-order valence-electron chi connectivity index (χ1n) is 4.52. The van der Waals surface area contributed by atoms with Crippen molar-refractivity contribution in [2.45, 2.75) is 26.7 Å². The van der Waals surface area contributed by atoms with E-state index >= 15 is 0 Å². The molecule has 0 aromatic rings. The molecule has 0 fully saturated rings. The molecule has 1 atom stereocenters. The maximum Gasteiger partial charge on any atom is 0.264 e. The van der Waals surface area contributed by atoms with E-state index in [-0.39, 0.29) is 5.75 Å². The molecule has 0 amide bonds. The Balaban J connectivity index is 3.74. The van der Waals surface area contributed by atoms with Crippen molar-refractivity contribution >= 4 is 10.1 Å². The molecule has 0 saturated carbocycles. The topological polar surface area (TPSA) is 80.4 Å². The van der Waals surface area contributed by atoms with Crippen LogP contribution in [0, 0.1) is 11.8 Å². The van der Waals surface area contributed by atoms with Crippen molar-refractivity contribution in [1.82, 2.24) is 0 Å². The second-order valence-electron chi connectivity index (χ2n) is 3.67. The molecule has 0 saturated heterocycles. The van der Waals surface area contributed by atoms with Crippen molar-refractivity contribution < 1.29 is 13.0 Å². The molecule has 0 aliphatic carbocycles. The molecular formula is C8H19NO3S. The monoisotopic (exact) mass is 209 g/mol. The van der Waals surface area contributed by atoms with E-state index in [0.29, 0.717) is 24.8 Å². The Morgan fingerprint density at radius 1 is 1.38 bits per heavy atom. The van der Waals surface area contributed by atoms with Gasteiger partial charge in [-0.15, -0.1) is 0 Å². The van der Waals surface area contributed by atoms with E-state index in [1.54, 1.807) is 0 Å². The molecule has 3 N–H and O–H groups in total. The van der Waals surface area contributed by atoms with Crippen LogP contribution in [-0.4, -0.2) is 25.3 Å². The van der Waals surface area contributed by atoms with E-state index < -0.39 is 10.1 Å². The van der Waals surface area contributed by atoms with Crippen LogP contribution in [0.25, 0.3) is 0 Å². The molecule has 0 aromatic carbocycles. The molecule has 0 radical (unpaired) electrons. The zero-order chi connectivity index (χ0) is 10.5. The van der Waals surface area contributed by atoms with E-state index in [0.717, 1.165) is 6.42 Å². The third kappa shape index (κ3) is 6.98. The predicted octanol–water partition coefficient (Wildman–Crippen LogP) is 0.885. The maximum absolute atomic E-state index is 10.4. The highest BCUT2D eigenvalue weighted by molar-refractivity contribution is 7.85. The predicted molar refractivity (Wildman–Crippen MR) is 53.0 cm³/mol. The zero-order valence-electron chi connectivity index (χ0n) is 8.23. The fourth-order valence-corrected chi connectivity index (χ4v) is 1.78. The average molecular weight is 209 g/mol. The van der Waals surface area contributed by atoms with Crippen LogP contribution in [0.1, 0.15) is 26.7 Å². The second-order valence-corrected chi connectivity index (χ2v) is 5.24. The number of hydrogen-bond donors (Lipinski definition) is 2. The minimum Gasteiger partial charge on any atom is -0.330 e. The lowest BCUT2D eigenvalue weighted by Gasteiger charge is -2.17. The first-order valence-corrected chi connectivity index (χ1v) is 6.13. The molecule has 0 spiro atoms. The number of nitrogens with two attached hydrogens (primary N) is 1. The molecule has 0 aliphatic rings. The fraction of sp³-hybridized carbons (Fsp3) is 1.00. The van der Waals surface area contributed by atoms with Gasteiger partial charge in [-0.05, 0) is 31.2 Å². The van der Waals surface area contributed by atoms with Crippen LogP contribution in [0.15, 0.2) is 0 Å². The standard InChI is InChI=1S/C8H19NO3S/c1-7(2)8(6-9)4-3-5-13(10,11)12/h7-8H,3-6,9H2,1-2H3,(H,10,11,12). The summed E-state index contributed by atoms with van der Waals surface area (Å²) in [5.41, 5.74) is 5.51. The van der Waals surface area contributed by atoms with Gasteiger partial charge in [0.2, 0.25) is 0 Å². The normalized spacial score (nSPS) is 14.8. The summed E-state index contributed by atoms with van der Waals surface area (Å²) in [5, 5.41) is 0. The zero-order valence-corrected chi connectivity index (χ0v) is 9.05. The Morgan fingerprint density at radius 3 is 2.23 bits per heavy atom. The molecule has 0 rings (SSSR count). The molecule has 0 heterocycles. The summed E-state index contributed by atoms with van der Waals surface area (Å²) >= 11 is 0. The summed E-state index contributed by atoms with van der Waals surface area (Å²) in [6, 6.07) is 0. The molecular weight excluding hydrogens is 190 g/mol. The van der Waals surface area contributed by atoms with Gasteiger partial charge >= 0.3 is 0 Å². The minimum absolute atomic E-state index is 0.157. The van der Waals surface area contributed by atoms with Crippen LogP contribution in [0.3, 0.4) is 0 Å². The van der Waals surface area contributed by atoms with Gasteiger partial charge in [-0.2, -0.15) is 8.42 Å². The minimum atomic E-state index is -3.79. The quantitative estimate of drug-likeness (QED) is 0.636. The van der Waals surface area contributed by atoms with Gasteiger partial charge in [0, 0.05) is 0 Å². The Hall–Kier alpha value is -0.130. The van der Waals surface area contributed by atoms with Crippen molar-refractivity contribution in [2.75, 3.05) is 12.3 Å². The molecule has 13 heavy (non-hydrogen) atoms. The molecule has 0 aromatic heterocycles. The number of hydrogen-bond acceptors (Lipinski definition) is 3. The van der Waals surface area contributed by atoms with E-state index in [1.165, 1.54) is 0 Å². The van der Waals surface area contributed by atoms with Crippen LogP contribution in [0.5, 0.6) is 0 Å². The number of rotatable bonds is 6. The van der Waals surface area contributed by atoms with Gasteiger partial charge in [0.25, 0.3) is 10.1 Å². The lowest BCUT2D eigenvalue weighted by molar-refractivity contribution is 0.364. The smallest absolute Gasteiger partial charge is 0.264 e. The first-order chi connectivity index (χ1) is 5.87. The third-order valence-electron chi connectivity index (χ3n) is 2.22. The first kappa shape index (κ1) is 12.9. The molecule has 5 heteroatoms. The largest absolute Gasteiger partial charge is 0.330 e. The lowest BCUT2D eigenvalue weighted by Crippen LogP contribution is -2.20. The van der Waals surface area contributed by atoms with Gasteiger partial charge in [-0.3, -0.25) is 4.55 Å². The van der Waals surface area contributed by atoms with E-state index in [9.17, 15) is 8.42 Å². The van der Waals surface area contributed by atoms with Gasteiger partial charge in [-0.1, -0.05) is 13.8 Å². The summed E-state index contributed by atoms with van der Waals surface area (Å²) in [7, 11) is -3.79. The van der Waals surface area contributed by atoms with Crippen LogP contribution in [0.4, 0.5) is 0 Å². The van der Waals surface area contributed by atoms with Crippen molar-refractivity contribution in [2.24, 2.45) is 17.6 Å². The highest BCUT2D eigenvalue weighted by atomic mass is 32.2. The van der Waals surface area contributed by atoms with Crippen LogP contribution >= 0.6 is 0 Å². The molecule has 4 nitrogen and oxygen atoms in total. The Labute approximate surface area is 80.3 Å². The average Bonchev–Trinajstić information content (AvgIpc) is 1.95. The highest BCUT2D eigenvalue weighted by Gasteiger charge is 2.12. The third-order valence-corrected chi connectivity index (χ3v) is 3.03. The van der Waals surface area contributed by atoms with E-state index in [2.05, 4.69) is 13.8 Å². The van der Waals surface area contributed by atoms with Crippen LogP contribution in [0.2, 0.25) is 0 Å². The van der Waals surface area contributed by atoms with Gasteiger partial charge in [0.15, 0.2) is 0 Å². The second kappa shape index (κ2) is 5.57. The Morgan fingerprint density at radius 2 is 1.92 bits per heavy atom. The SMILES string of the molecule is CC(C)C(CN)CCCS(=O)(=O)O. The summed E-state index contributed by atoms with van der Waals surface area (Å²) in [5.74, 6) is 0.657. The van der Waals surface area contributed by atoms with Crippen molar-refractivity contribution in [3.8, 4) is 0 Å². The van der Waals surface area contributed by atoms with Crippen LogP contribution < -0.4 is 5.73 Å². The maximum atomic E-state index is 10.4. The van der Waals surface area contributed by atoms with Gasteiger partial charge in [-0.25, -0.2) is 0 Å². The molecule has 80 valence electrons. The van der Waals surface area contributed by atoms with Crippen molar-refractivity contribution in [3.63, 3.8) is 0 Å². The fourth-order valence-electron chi connectivity index (χ4n) is 1.25. The summed E-state index contributed by atoms with van der Waals surface area (Å²) in [6.45, 7) is 4.69. The summed E-state index contributed by atoms with van der Waals surface area (Å²) in [4.78, 5) is 0. The van der Waals surface area contributed by atoms with Gasteiger partial charge < -0.3 is 5.73 Å². The summed E-state index contributed by atoms with van der Waals surface area (Å²) < 4.78 is 29.3. The van der Waals surface area contributed by atoms with Crippen molar-refractivity contribution in [1.29, 1.82) is 0 Å². The van der Waals surface area contributed by atoms with E-state index in [4.69, 9.17) is 10.3 Å². The van der Waals surface area contributed by atoms with Crippen molar-refractivity contribution in [3.05, 3.63) is 0 Å². The Bertz CT molecular complexity index is 224. The Kier molecular flexibility index (Phi) is 5.51. The summed E-state index contributed by atoms with van der Waals surface area (Å²) in [6.07, 6.45) is 1.24.